The number of halogens is 2. The van der Waals surface area contributed by atoms with Crippen LogP contribution in [-0.4, -0.2) is 23.6 Å². The van der Waals surface area contributed by atoms with E-state index in [1.807, 2.05) is 18.2 Å². The molecule has 1 saturated heterocycles. The second-order valence-corrected chi connectivity index (χ2v) is 7.18. The lowest BCUT2D eigenvalue weighted by atomic mass is 10.0. The fourth-order valence-electron chi connectivity index (χ4n) is 2.53. The Hall–Kier alpha value is 0.110. The van der Waals surface area contributed by atoms with Crippen molar-refractivity contribution in [2.45, 2.75) is 43.9 Å². The third-order valence-corrected chi connectivity index (χ3v) is 5.78. The van der Waals surface area contributed by atoms with E-state index in [9.17, 15) is 0 Å². The van der Waals surface area contributed by atoms with Gasteiger partial charge < -0.3 is 5.32 Å². The molecule has 2 unspecified atom stereocenters. The lowest BCUT2D eigenvalue weighted by Crippen LogP contribution is -2.39. The van der Waals surface area contributed by atoms with E-state index in [0.29, 0.717) is 11.3 Å². The Balaban J connectivity index is 2.10. The standard InChI is InChI=1S/C15H21Cl2NS/c1-2-8-18-14(15-7-4-9-19-15)10-11-12(16)5-3-6-13(11)17/h3,5-6,14-15,18H,2,4,7-10H2,1H3. The summed E-state index contributed by atoms with van der Waals surface area (Å²) < 4.78 is 0. The summed E-state index contributed by atoms with van der Waals surface area (Å²) in [4.78, 5) is 0. The molecule has 0 radical (unpaired) electrons. The molecule has 1 nitrogen and oxygen atoms in total. The summed E-state index contributed by atoms with van der Waals surface area (Å²) in [5.74, 6) is 1.28. The normalized spacial score (nSPS) is 20.7. The van der Waals surface area contributed by atoms with Gasteiger partial charge in [0.1, 0.15) is 0 Å². The number of hydrogen-bond donors (Lipinski definition) is 1. The average molecular weight is 318 g/mol. The summed E-state index contributed by atoms with van der Waals surface area (Å²) in [6.45, 7) is 3.26. The summed E-state index contributed by atoms with van der Waals surface area (Å²) in [6.07, 6.45) is 4.71. The fourth-order valence-corrected chi connectivity index (χ4v) is 4.48. The van der Waals surface area contributed by atoms with Gasteiger partial charge >= 0.3 is 0 Å². The monoisotopic (exact) mass is 317 g/mol. The molecule has 0 aromatic heterocycles. The Morgan fingerprint density at radius 3 is 2.68 bits per heavy atom. The average Bonchev–Trinajstić information content (AvgIpc) is 2.91. The topological polar surface area (TPSA) is 12.0 Å². The molecule has 1 N–H and O–H groups in total. The van der Waals surface area contributed by atoms with Gasteiger partial charge in [-0.05, 0) is 55.7 Å². The predicted octanol–water partition coefficient (Wildman–Crippen LogP) is 4.80. The van der Waals surface area contributed by atoms with Crippen molar-refractivity contribution in [1.82, 2.24) is 5.32 Å². The van der Waals surface area contributed by atoms with E-state index in [2.05, 4.69) is 24.0 Å². The van der Waals surface area contributed by atoms with Crippen LogP contribution in [0.3, 0.4) is 0 Å². The molecule has 1 fully saturated rings. The molecule has 0 saturated carbocycles. The summed E-state index contributed by atoms with van der Waals surface area (Å²) in [5.41, 5.74) is 1.09. The zero-order chi connectivity index (χ0) is 13.7. The zero-order valence-electron chi connectivity index (χ0n) is 11.3. The molecule has 19 heavy (non-hydrogen) atoms. The van der Waals surface area contributed by atoms with Gasteiger partial charge in [0.15, 0.2) is 0 Å². The van der Waals surface area contributed by atoms with Crippen molar-refractivity contribution in [1.29, 1.82) is 0 Å². The highest BCUT2D eigenvalue weighted by molar-refractivity contribution is 8.00. The number of thioether (sulfide) groups is 1. The smallest absolute Gasteiger partial charge is 0.0453 e. The Morgan fingerprint density at radius 2 is 2.11 bits per heavy atom. The number of hydrogen-bond acceptors (Lipinski definition) is 2. The van der Waals surface area contributed by atoms with Gasteiger partial charge in [0.05, 0.1) is 0 Å². The highest BCUT2D eigenvalue weighted by Gasteiger charge is 2.26. The molecule has 0 spiro atoms. The van der Waals surface area contributed by atoms with Gasteiger partial charge in [-0.25, -0.2) is 0 Å². The maximum Gasteiger partial charge on any atom is 0.0453 e. The molecular formula is C15H21Cl2NS. The molecule has 4 heteroatoms. The van der Waals surface area contributed by atoms with Crippen molar-refractivity contribution in [2.24, 2.45) is 0 Å². The third-order valence-electron chi connectivity index (χ3n) is 3.56. The first-order valence-electron chi connectivity index (χ1n) is 7.00. The number of nitrogens with one attached hydrogen (secondary N) is 1. The highest BCUT2D eigenvalue weighted by Crippen LogP contribution is 2.33. The number of benzene rings is 1. The van der Waals surface area contributed by atoms with Gasteiger partial charge in [-0.1, -0.05) is 36.2 Å². The zero-order valence-corrected chi connectivity index (χ0v) is 13.6. The Labute approximate surface area is 130 Å². The minimum atomic E-state index is 0.477. The van der Waals surface area contributed by atoms with E-state index in [1.165, 1.54) is 18.6 Å². The molecule has 106 valence electrons. The molecule has 1 aliphatic heterocycles. The molecule has 1 aromatic carbocycles. The van der Waals surface area contributed by atoms with Crippen LogP contribution >= 0.6 is 35.0 Å². The lowest BCUT2D eigenvalue weighted by molar-refractivity contribution is 0.482. The van der Waals surface area contributed by atoms with Crippen molar-refractivity contribution < 1.29 is 0 Å². The van der Waals surface area contributed by atoms with Gasteiger partial charge in [0, 0.05) is 21.3 Å². The SMILES string of the molecule is CCCNC(Cc1c(Cl)cccc1Cl)C1CCCS1. The van der Waals surface area contributed by atoms with Gasteiger partial charge in [-0.2, -0.15) is 11.8 Å². The van der Waals surface area contributed by atoms with E-state index >= 15 is 0 Å². The molecule has 0 aliphatic carbocycles. The Bertz CT molecular complexity index is 385. The van der Waals surface area contributed by atoms with E-state index in [1.54, 1.807) is 0 Å². The van der Waals surface area contributed by atoms with Gasteiger partial charge in [-0.15, -0.1) is 0 Å². The van der Waals surface area contributed by atoms with Crippen molar-refractivity contribution in [2.75, 3.05) is 12.3 Å². The molecule has 1 aliphatic rings. The summed E-state index contributed by atoms with van der Waals surface area (Å²) in [5, 5.41) is 5.95. The first kappa shape index (κ1) is 15.5. The quantitative estimate of drug-likeness (QED) is 0.808. The summed E-state index contributed by atoms with van der Waals surface area (Å²) >= 11 is 14.7. The minimum absolute atomic E-state index is 0.477. The van der Waals surface area contributed by atoms with Crippen molar-refractivity contribution >= 4 is 35.0 Å². The highest BCUT2D eigenvalue weighted by atomic mass is 35.5. The van der Waals surface area contributed by atoms with E-state index in [0.717, 1.165) is 35.0 Å². The first-order chi connectivity index (χ1) is 9.22. The van der Waals surface area contributed by atoms with Crippen LogP contribution in [0.25, 0.3) is 0 Å². The maximum atomic E-state index is 6.30. The van der Waals surface area contributed by atoms with E-state index in [4.69, 9.17) is 23.2 Å². The van der Waals surface area contributed by atoms with Crippen LogP contribution in [0, 0.1) is 0 Å². The van der Waals surface area contributed by atoms with Crippen LogP contribution in [0.15, 0.2) is 18.2 Å². The van der Waals surface area contributed by atoms with Gasteiger partial charge in [0.25, 0.3) is 0 Å². The second-order valence-electron chi connectivity index (χ2n) is 5.02. The Morgan fingerprint density at radius 1 is 1.37 bits per heavy atom. The van der Waals surface area contributed by atoms with Crippen LogP contribution < -0.4 is 5.32 Å². The van der Waals surface area contributed by atoms with Crippen LogP contribution in [-0.2, 0) is 6.42 Å². The summed E-state index contributed by atoms with van der Waals surface area (Å²) in [6, 6.07) is 6.25. The minimum Gasteiger partial charge on any atom is -0.313 e. The third kappa shape index (κ3) is 4.29. The lowest BCUT2D eigenvalue weighted by Gasteiger charge is -2.25. The fraction of sp³-hybridized carbons (Fsp3) is 0.600. The molecule has 0 amide bonds. The molecule has 1 aromatic rings. The molecular weight excluding hydrogens is 297 g/mol. The van der Waals surface area contributed by atoms with Gasteiger partial charge in [0.2, 0.25) is 0 Å². The van der Waals surface area contributed by atoms with E-state index < -0.39 is 0 Å². The molecule has 2 atom stereocenters. The van der Waals surface area contributed by atoms with Crippen LogP contribution in [0.5, 0.6) is 0 Å². The van der Waals surface area contributed by atoms with Crippen LogP contribution in [0.1, 0.15) is 31.7 Å². The van der Waals surface area contributed by atoms with E-state index in [-0.39, 0.29) is 0 Å². The van der Waals surface area contributed by atoms with Crippen LogP contribution in [0.2, 0.25) is 10.0 Å². The predicted molar refractivity (Wildman–Crippen MR) is 87.7 cm³/mol. The Kier molecular flexibility index (Phi) is 6.34. The first-order valence-corrected chi connectivity index (χ1v) is 8.80. The van der Waals surface area contributed by atoms with Crippen LogP contribution in [0.4, 0.5) is 0 Å². The molecule has 1 heterocycles. The van der Waals surface area contributed by atoms with Crippen molar-refractivity contribution in [3.63, 3.8) is 0 Å². The largest absolute Gasteiger partial charge is 0.313 e. The maximum absolute atomic E-state index is 6.30. The number of rotatable bonds is 6. The molecule has 2 rings (SSSR count). The summed E-state index contributed by atoms with van der Waals surface area (Å²) in [7, 11) is 0. The van der Waals surface area contributed by atoms with Crippen molar-refractivity contribution in [3.05, 3.63) is 33.8 Å². The second kappa shape index (κ2) is 7.78. The van der Waals surface area contributed by atoms with Gasteiger partial charge in [-0.3, -0.25) is 0 Å². The molecule has 0 bridgehead atoms. The van der Waals surface area contributed by atoms with Crippen molar-refractivity contribution in [3.8, 4) is 0 Å².